The minimum absolute atomic E-state index is 0.00268. The van der Waals surface area contributed by atoms with E-state index in [0.29, 0.717) is 37.9 Å². The molecule has 0 aromatic heterocycles. The maximum atomic E-state index is 15.5. The molecule has 0 aliphatic carbocycles. The largest absolute Gasteiger partial charge is 0.418 e. The van der Waals surface area contributed by atoms with Gasteiger partial charge in [0.05, 0.1) is 11.1 Å². The number of nitrogens with zero attached hydrogens (tertiary/aromatic N) is 4. The fourth-order valence-corrected chi connectivity index (χ4v) is 9.37. The van der Waals surface area contributed by atoms with Gasteiger partial charge in [0.2, 0.25) is 23.6 Å². The number of hydrogen-bond donors (Lipinski definition) is 0. The molecule has 2 heterocycles. The first-order chi connectivity index (χ1) is 28.8. The topological polar surface area (TPSA) is 81.2 Å². The predicted molar refractivity (Wildman–Crippen MR) is 229 cm³/mol. The van der Waals surface area contributed by atoms with Crippen molar-refractivity contribution in [3.63, 3.8) is 0 Å². The number of alkyl halides is 6. The number of carbonyl (C=O) groups is 4. The van der Waals surface area contributed by atoms with E-state index in [2.05, 4.69) is 31.9 Å². The van der Waals surface area contributed by atoms with Gasteiger partial charge < -0.3 is 19.6 Å². The van der Waals surface area contributed by atoms with E-state index in [0.717, 1.165) is 24.3 Å². The Morgan fingerprint density at radius 1 is 0.525 bits per heavy atom. The van der Waals surface area contributed by atoms with Crippen LogP contribution in [0.1, 0.15) is 36.1 Å². The first kappa shape index (κ1) is 45.7. The zero-order valence-corrected chi connectivity index (χ0v) is 36.7. The van der Waals surface area contributed by atoms with Gasteiger partial charge in [-0.1, -0.05) is 92.2 Å². The van der Waals surface area contributed by atoms with Gasteiger partial charge >= 0.3 is 12.4 Å². The molecule has 4 aromatic carbocycles. The molecule has 0 spiro atoms. The van der Waals surface area contributed by atoms with Gasteiger partial charge in [-0.05, 0) is 58.7 Å². The molecule has 8 nitrogen and oxygen atoms in total. The molecule has 2 saturated heterocycles. The van der Waals surface area contributed by atoms with Crippen molar-refractivity contribution >= 4 is 79.4 Å². The highest BCUT2D eigenvalue weighted by Crippen LogP contribution is 2.52. The minimum Gasteiger partial charge on any atom is -0.339 e. The first-order valence-electron chi connectivity index (χ1n) is 19.0. The molecule has 17 heteroatoms. The molecule has 0 atom stereocenters. The van der Waals surface area contributed by atoms with Crippen molar-refractivity contribution < 1.29 is 45.5 Å². The van der Waals surface area contributed by atoms with Crippen LogP contribution in [0.5, 0.6) is 0 Å². The highest BCUT2D eigenvalue weighted by molar-refractivity contribution is 9.11. The summed E-state index contributed by atoms with van der Waals surface area (Å²) in [4.78, 5) is 55.1. The molecule has 61 heavy (non-hydrogen) atoms. The van der Waals surface area contributed by atoms with E-state index in [1.165, 1.54) is 84.3 Å². The Kier molecular flexibility index (Phi) is 14.2. The SMILES string of the molecule is CC(=O)N1CCN(C(=O)/C=C/c2ccc(Sc3ccc(/C=C/C(=O)N4CCN(C(C)=O)CC4)c(-c4ccccc4Br)c3C(F)(F)F)c(C(F)(F)F)c2-c2ccccc2Br)CC1. The summed E-state index contributed by atoms with van der Waals surface area (Å²) in [5.41, 5.74) is -2.92. The second-order valence-electron chi connectivity index (χ2n) is 14.2. The zero-order chi connectivity index (χ0) is 44.2. The van der Waals surface area contributed by atoms with Crippen LogP contribution in [0.3, 0.4) is 0 Å². The smallest absolute Gasteiger partial charge is 0.339 e. The van der Waals surface area contributed by atoms with E-state index in [4.69, 9.17) is 0 Å². The van der Waals surface area contributed by atoms with Crippen LogP contribution < -0.4 is 0 Å². The molecular formula is C44H38Br2F6N4O4S. The first-order valence-corrected chi connectivity index (χ1v) is 21.4. The van der Waals surface area contributed by atoms with Crippen molar-refractivity contribution in [3.05, 3.63) is 116 Å². The van der Waals surface area contributed by atoms with Crippen molar-refractivity contribution in [3.8, 4) is 22.3 Å². The van der Waals surface area contributed by atoms with Gasteiger partial charge in [-0.3, -0.25) is 19.2 Å². The van der Waals surface area contributed by atoms with Gasteiger partial charge in [-0.2, -0.15) is 26.3 Å². The Morgan fingerprint density at radius 3 is 1.16 bits per heavy atom. The average Bonchev–Trinajstić information content (AvgIpc) is 3.21. The molecule has 2 aliphatic rings. The predicted octanol–water partition coefficient (Wildman–Crippen LogP) is 10.1. The Balaban J connectivity index is 1.46. The van der Waals surface area contributed by atoms with Gasteiger partial charge in [0.1, 0.15) is 0 Å². The van der Waals surface area contributed by atoms with Crippen molar-refractivity contribution in [2.45, 2.75) is 36.0 Å². The lowest BCUT2D eigenvalue weighted by Gasteiger charge is -2.33. The van der Waals surface area contributed by atoms with Gasteiger partial charge in [0.15, 0.2) is 0 Å². The van der Waals surface area contributed by atoms with Crippen LogP contribution in [0.4, 0.5) is 26.3 Å². The lowest BCUT2D eigenvalue weighted by molar-refractivity contribution is -0.139. The van der Waals surface area contributed by atoms with Crippen LogP contribution >= 0.6 is 43.6 Å². The van der Waals surface area contributed by atoms with Crippen LogP contribution in [0.15, 0.2) is 104 Å². The molecule has 0 radical (unpaired) electrons. The van der Waals surface area contributed by atoms with E-state index in [1.54, 1.807) is 21.9 Å². The van der Waals surface area contributed by atoms with Crippen LogP contribution in [-0.2, 0) is 31.5 Å². The van der Waals surface area contributed by atoms with E-state index in [-0.39, 0.29) is 80.3 Å². The van der Waals surface area contributed by atoms with Crippen molar-refractivity contribution in [2.75, 3.05) is 52.4 Å². The Labute approximate surface area is 369 Å². The van der Waals surface area contributed by atoms with Gasteiger partial charge in [0, 0.05) is 108 Å². The summed E-state index contributed by atoms with van der Waals surface area (Å²) in [6.45, 7) is 5.00. The van der Waals surface area contributed by atoms with Crippen LogP contribution in [0, 0.1) is 0 Å². The van der Waals surface area contributed by atoms with Gasteiger partial charge in [-0.25, -0.2) is 0 Å². The number of amides is 4. The molecule has 0 unspecified atom stereocenters. The standard InChI is InChI=1S/C44H38Br2F6N4O4S/c1-27(57)53-19-23-55(24-20-53)37(59)17-13-29-11-15-35(41(43(47,48)49)39(29)31-7-3-5-9-33(31)45)61-36-16-12-30(14-18-38(60)56-25-21-54(22-26-56)28(2)58)40(42(36)44(50,51)52)32-8-4-6-10-34(32)46/h3-18H,19-26H2,1-2H3/b17-13+,18-14+. The third kappa shape index (κ3) is 10.6. The maximum absolute atomic E-state index is 15.5. The summed E-state index contributed by atoms with van der Waals surface area (Å²) in [5, 5.41) is 0. The number of benzene rings is 4. The molecule has 4 aromatic rings. The highest BCUT2D eigenvalue weighted by Gasteiger charge is 2.41. The average molecular weight is 993 g/mol. The summed E-state index contributed by atoms with van der Waals surface area (Å²) in [5.74, 6) is -1.23. The molecule has 0 bridgehead atoms. The molecule has 0 saturated carbocycles. The normalized spacial score (nSPS) is 15.2. The third-order valence-electron chi connectivity index (χ3n) is 10.4. The van der Waals surface area contributed by atoms with E-state index in [1.807, 2.05) is 0 Å². The van der Waals surface area contributed by atoms with E-state index >= 15 is 26.3 Å². The summed E-state index contributed by atoms with van der Waals surface area (Å²) in [7, 11) is 0. The second kappa shape index (κ2) is 19.0. The van der Waals surface area contributed by atoms with Gasteiger partial charge in [0.25, 0.3) is 0 Å². The van der Waals surface area contributed by atoms with Crippen molar-refractivity contribution in [2.24, 2.45) is 0 Å². The number of rotatable bonds is 8. The zero-order valence-electron chi connectivity index (χ0n) is 32.7. The lowest BCUT2D eigenvalue weighted by Crippen LogP contribution is -2.49. The number of carbonyl (C=O) groups excluding carboxylic acids is 4. The van der Waals surface area contributed by atoms with E-state index < -0.39 is 45.1 Å². The van der Waals surface area contributed by atoms with Crippen molar-refractivity contribution in [1.82, 2.24) is 19.6 Å². The Bertz CT molecular complexity index is 2240. The monoisotopic (exact) mass is 990 g/mol. The van der Waals surface area contributed by atoms with Gasteiger partial charge in [-0.15, -0.1) is 0 Å². The van der Waals surface area contributed by atoms with Crippen molar-refractivity contribution in [1.29, 1.82) is 0 Å². The van der Waals surface area contributed by atoms with Crippen LogP contribution in [0.25, 0.3) is 34.4 Å². The second-order valence-corrected chi connectivity index (χ2v) is 17.0. The Hall–Kier alpha value is -4.87. The number of halogens is 8. The molecule has 4 amide bonds. The molecular weight excluding hydrogens is 954 g/mol. The minimum atomic E-state index is -5.09. The van der Waals surface area contributed by atoms with E-state index in [9.17, 15) is 19.2 Å². The van der Waals surface area contributed by atoms with Crippen LogP contribution in [0.2, 0.25) is 0 Å². The fourth-order valence-electron chi connectivity index (χ4n) is 7.25. The fraction of sp³-hybridized carbons (Fsp3) is 0.273. The summed E-state index contributed by atoms with van der Waals surface area (Å²) in [6, 6.07) is 17.1. The highest BCUT2D eigenvalue weighted by atomic mass is 79.9. The maximum Gasteiger partial charge on any atom is 0.418 e. The quantitative estimate of drug-likeness (QED) is 0.130. The number of piperazine rings is 2. The molecule has 0 N–H and O–H groups in total. The summed E-state index contributed by atoms with van der Waals surface area (Å²) < 4.78 is 93.8. The third-order valence-corrected chi connectivity index (χ3v) is 12.9. The Morgan fingerprint density at radius 2 is 0.852 bits per heavy atom. The molecule has 6 rings (SSSR count). The number of hydrogen-bond acceptors (Lipinski definition) is 5. The molecule has 2 fully saturated rings. The summed E-state index contributed by atoms with van der Waals surface area (Å²) in [6.07, 6.45) is -5.35. The van der Waals surface area contributed by atoms with Crippen LogP contribution in [-0.4, -0.2) is 95.6 Å². The summed E-state index contributed by atoms with van der Waals surface area (Å²) >= 11 is 7.02. The molecule has 2 aliphatic heterocycles. The lowest BCUT2D eigenvalue weighted by atomic mass is 9.93. The molecule has 320 valence electrons.